The molecule has 0 spiro atoms. The lowest BCUT2D eigenvalue weighted by Crippen LogP contribution is -2.20. The predicted octanol–water partition coefficient (Wildman–Crippen LogP) is 3.21. The molecule has 22 heavy (non-hydrogen) atoms. The number of non-ortho nitro benzene ring substituents is 1. The third kappa shape index (κ3) is 7.24. The van der Waals surface area contributed by atoms with Gasteiger partial charge in [-0.3, -0.25) is 10.1 Å². The minimum absolute atomic E-state index is 0.0546. The van der Waals surface area contributed by atoms with Crippen LogP contribution >= 0.6 is 0 Å². The molecule has 0 aromatic heterocycles. The molecule has 7 heteroatoms. The zero-order chi connectivity index (χ0) is 16.2. The molecular formula is C15H24N4O3. The van der Waals surface area contributed by atoms with Gasteiger partial charge in [-0.2, -0.15) is 10.2 Å². The number of rotatable bonds is 11. The number of benzene rings is 1. The fourth-order valence-corrected chi connectivity index (χ4v) is 2.05. The van der Waals surface area contributed by atoms with Gasteiger partial charge in [-0.1, -0.05) is 13.3 Å². The fourth-order valence-electron chi connectivity index (χ4n) is 2.05. The number of aliphatic hydroxyl groups is 1. The van der Waals surface area contributed by atoms with Crippen LogP contribution in [0.4, 0.5) is 11.4 Å². The summed E-state index contributed by atoms with van der Waals surface area (Å²) in [5.74, 6) is 0. The van der Waals surface area contributed by atoms with Crippen molar-refractivity contribution in [3.05, 3.63) is 34.4 Å². The molecule has 1 atom stereocenters. The molecule has 0 aliphatic rings. The molecule has 1 unspecified atom stereocenters. The standard InChI is InChI=1S/C15H24N4O3/c1-2-4-13(5-3-10-16-11-12-20)17-18-14-6-8-15(9-7-14)19(21)22/h6-9,13,16,20H,2-5,10-12H2,1H3. The van der Waals surface area contributed by atoms with E-state index in [0.29, 0.717) is 12.2 Å². The van der Waals surface area contributed by atoms with Crippen LogP contribution in [0, 0.1) is 10.1 Å². The van der Waals surface area contributed by atoms with Crippen molar-refractivity contribution < 1.29 is 10.0 Å². The van der Waals surface area contributed by atoms with Crippen molar-refractivity contribution in [1.29, 1.82) is 0 Å². The largest absolute Gasteiger partial charge is 0.395 e. The molecule has 1 rings (SSSR count). The number of hydrogen-bond acceptors (Lipinski definition) is 6. The van der Waals surface area contributed by atoms with Crippen molar-refractivity contribution in [2.75, 3.05) is 19.7 Å². The summed E-state index contributed by atoms with van der Waals surface area (Å²) in [5.41, 5.74) is 0.684. The van der Waals surface area contributed by atoms with Gasteiger partial charge in [0.15, 0.2) is 0 Å². The molecule has 0 saturated carbocycles. The molecule has 0 heterocycles. The van der Waals surface area contributed by atoms with Crippen molar-refractivity contribution in [1.82, 2.24) is 5.32 Å². The predicted molar refractivity (Wildman–Crippen MR) is 85.5 cm³/mol. The second-order valence-corrected chi connectivity index (χ2v) is 5.05. The average molecular weight is 308 g/mol. The van der Waals surface area contributed by atoms with Crippen molar-refractivity contribution in [2.24, 2.45) is 10.2 Å². The smallest absolute Gasteiger partial charge is 0.269 e. The first-order valence-electron chi connectivity index (χ1n) is 7.64. The van der Waals surface area contributed by atoms with E-state index in [1.807, 2.05) is 0 Å². The summed E-state index contributed by atoms with van der Waals surface area (Å²) in [5, 5.41) is 30.9. The Morgan fingerprint density at radius 1 is 1.27 bits per heavy atom. The van der Waals surface area contributed by atoms with Crippen LogP contribution in [0.5, 0.6) is 0 Å². The normalized spacial score (nSPS) is 12.6. The van der Waals surface area contributed by atoms with Crippen LogP contribution in [0.25, 0.3) is 0 Å². The number of azo groups is 1. The highest BCUT2D eigenvalue weighted by Gasteiger charge is 2.07. The number of nitro groups is 1. The molecule has 0 aliphatic carbocycles. The molecule has 0 saturated heterocycles. The Morgan fingerprint density at radius 2 is 2.00 bits per heavy atom. The van der Waals surface area contributed by atoms with Crippen LogP contribution in [-0.2, 0) is 0 Å². The summed E-state index contributed by atoms with van der Waals surface area (Å²) in [6.07, 6.45) is 3.91. The molecule has 2 N–H and O–H groups in total. The first-order chi connectivity index (χ1) is 10.7. The van der Waals surface area contributed by atoms with Gasteiger partial charge in [0.05, 0.1) is 23.3 Å². The molecule has 122 valence electrons. The summed E-state index contributed by atoms with van der Waals surface area (Å²) in [6.45, 7) is 3.73. The molecule has 0 bridgehead atoms. The minimum atomic E-state index is -0.430. The SMILES string of the molecule is CCCC(CCCNCCO)N=Nc1ccc([N+](=O)[O-])cc1. The van der Waals surface area contributed by atoms with E-state index in [1.54, 1.807) is 12.1 Å². The van der Waals surface area contributed by atoms with E-state index in [-0.39, 0.29) is 18.3 Å². The molecule has 0 aliphatic heterocycles. The van der Waals surface area contributed by atoms with E-state index in [0.717, 1.165) is 32.2 Å². The van der Waals surface area contributed by atoms with Crippen LogP contribution in [0.3, 0.4) is 0 Å². The Balaban J connectivity index is 2.48. The Morgan fingerprint density at radius 3 is 2.59 bits per heavy atom. The maximum atomic E-state index is 10.6. The number of nitrogens with one attached hydrogen (secondary N) is 1. The monoisotopic (exact) mass is 308 g/mol. The number of nitro benzene ring substituents is 1. The van der Waals surface area contributed by atoms with Gasteiger partial charge >= 0.3 is 0 Å². The topological polar surface area (TPSA) is 100 Å². The second-order valence-electron chi connectivity index (χ2n) is 5.05. The van der Waals surface area contributed by atoms with Gasteiger partial charge in [-0.05, 0) is 37.9 Å². The van der Waals surface area contributed by atoms with Gasteiger partial charge in [-0.15, -0.1) is 0 Å². The van der Waals surface area contributed by atoms with Crippen LogP contribution in [0.2, 0.25) is 0 Å². The molecule has 1 aromatic rings. The van der Waals surface area contributed by atoms with E-state index in [4.69, 9.17) is 5.11 Å². The lowest BCUT2D eigenvalue weighted by Gasteiger charge is -2.10. The maximum Gasteiger partial charge on any atom is 0.269 e. The minimum Gasteiger partial charge on any atom is -0.395 e. The Hall–Kier alpha value is -1.86. The summed E-state index contributed by atoms with van der Waals surface area (Å²) in [7, 11) is 0. The highest BCUT2D eigenvalue weighted by atomic mass is 16.6. The van der Waals surface area contributed by atoms with Crippen LogP contribution < -0.4 is 5.32 Å². The lowest BCUT2D eigenvalue weighted by molar-refractivity contribution is -0.384. The van der Waals surface area contributed by atoms with Crippen LogP contribution in [-0.4, -0.2) is 35.8 Å². The molecular weight excluding hydrogens is 284 g/mol. The van der Waals surface area contributed by atoms with Crippen molar-refractivity contribution in [3.8, 4) is 0 Å². The number of nitrogens with zero attached hydrogens (tertiary/aromatic N) is 3. The van der Waals surface area contributed by atoms with Gasteiger partial charge < -0.3 is 10.4 Å². The van der Waals surface area contributed by atoms with E-state index < -0.39 is 4.92 Å². The Kier molecular flexibility index (Phi) is 8.94. The molecule has 1 aromatic carbocycles. The molecule has 0 amide bonds. The third-order valence-corrected chi connectivity index (χ3v) is 3.20. The molecule has 0 fully saturated rings. The summed E-state index contributed by atoms with van der Waals surface area (Å²) in [4.78, 5) is 10.2. The van der Waals surface area contributed by atoms with Gasteiger partial charge in [0.1, 0.15) is 0 Å². The third-order valence-electron chi connectivity index (χ3n) is 3.20. The summed E-state index contributed by atoms with van der Waals surface area (Å²) < 4.78 is 0. The first-order valence-corrected chi connectivity index (χ1v) is 7.64. The summed E-state index contributed by atoms with van der Waals surface area (Å²) >= 11 is 0. The van der Waals surface area contributed by atoms with Crippen LogP contribution in [0.15, 0.2) is 34.5 Å². The first kappa shape index (κ1) is 18.2. The van der Waals surface area contributed by atoms with E-state index in [2.05, 4.69) is 22.5 Å². The highest BCUT2D eigenvalue weighted by Crippen LogP contribution is 2.20. The number of aliphatic hydroxyl groups excluding tert-OH is 1. The van der Waals surface area contributed by atoms with E-state index in [1.165, 1.54) is 12.1 Å². The Labute approximate surface area is 130 Å². The van der Waals surface area contributed by atoms with Crippen molar-refractivity contribution in [2.45, 2.75) is 38.6 Å². The average Bonchev–Trinajstić information content (AvgIpc) is 2.52. The van der Waals surface area contributed by atoms with Gasteiger partial charge in [0, 0.05) is 18.7 Å². The van der Waals surface area contributed by atoms with E-state index in [9.17, 15) is 10.1 Å². The van der Waals surface area contributed by atoms with Crippen molar-refractivity contribution >= 4 is 11.4 Å². The number of hydrogen-bond donors (Lipinski definition) is 2. The van der Waals surface area contributed by atoms with Gasteiger partial charge in [0.2, 0.25) is 0 Å². The van der Waals surface area contributed by atoms with Crippen LogP contribution in [0.1, 0.15) is 32.6 Å². The highest BCUT2D eigenvalue weighted by molar-refractivity contribution is 5.43. The van der Waals surface area contributed by atoms with Gasteiger partial charge in [0.25, 0.3) is 5.69 Å². The zero-order valence-electron chi connectivity index (χ0n) is 12.9. The van der Waals surface area contributed by atoms with E-state index >= 15 is 0 Å². The molecule has 0 radical (unpaired) electrons. The fraction of sp³-hybridized carbons (Fsp3) is 0.600. The molecule has 7 nitrogen and oxygen atoms in total. The lowest BCUT2D eigenvalue weighted by atomic mass is 10.1. The quantitative estimate of drug-likeness (QED) is 0.284. The second kappa shape index (κ2) is 10.8. The summed E-state index contributed by atoms with van der Waals surface area (Å²) in [6, 6.07) is 6.24. The maximum absolute atomic E-state index is 10.6. The Bertz CT molecular complexity index is 462. The van der Waals surface area contributed by atoms with Crippen molar-refractivity contribution in [3.63, 3.8) is 0 Å². The van der Waals surface area contributed by atoms with Gasteiger partial charge in [-0.25, -0.2) is 0 Å². The zero-order valence-corrected chi connectivity index (χ0v) is 12.9.